The third-order valence-corrected chi connectivity index (χ3v) is 5.31. The molecule has 2 aromatic heterocycles. The lowest BCUT2D eigenvalue weighted by Gasteiger charge is -2.24. The SMILES string of the molecule is CC(Sc1nnc(-c2ccco2)n1C)C(=O)NC1CCCCC1. The first kappa shape index (κ1) is 16.1. The van der Waals surface area contributed by atoms with Crippen LogP contribution in [0.1, 0.15) is 39.0 Å². The summed E-state index contributed by atoms with van der Waals surface area (Å²) in [6.07, 6.45) is 7.50. The summed E-state index contributed by atoms with van der Waals surface area (Å²) >= 11 is 1.42. The van der Waals surface area contributed by atoms with E-state index in [2.05, 4.69) is 15.5 Å². The molecule has 2 heterocycles. The maximum Gasteiger partial charge on any atom is 0.233 e. The number of aromatic nitrogens is 3. The number of thioether (sulfide) groups is 1. The predicted molar refractivity (Wildman–Crippen MR) is 89.0 cm³/mol. The van der Waals surface area contributed by atoms with Gasteiger partial charge in [0.2, 0.25) is 5.91 Å². The first-order valence-corrected chi connectivity index (χ1v) is 8.93. The van der Waals surface area contributed by atoms with E-state index in [0.717, 1.165) is 12.8 Å². The molecule has 124 valence electrons. The minimum absolute atomic E-state index is 0.0736. The average molecular weight is 334 g/mol. The zero-order valence-electron chi connectivity index (χ0n) is 13.5. The Hall–Kier alpha value is -1.76. The van der Waals surface area contributed by atoms with Crippen LogP contribution in [0.2, 0.25) is 0 Å². The highest BCUT2D eigenvalue weighted by Gasteiger charge is 2.23. The average Bonchev–Trinajstić information content (AvgIpc) is 3.19. The van der Waals surface area contributed by atoms with Crippen LogP contribution in [-0.2, 0) is 11.8 Å². The van der Waals surface area contributed by atoms with Gasteiger partial charge >= 0.3 is 0 Å². The van der Waals surface area contributed by atoms with Gasteiger partial charge < -0.3 is 14.3 Å². The fraction of sp³-hybridized carbons (Fsp3) is 0.562. The lowest BCUT2D eigenvalue weighted by Crippen LogP contribution is -2.40. The fourth-order valence-corrected chi connectivity index (χ4v) is 3.64. The summed E-state index contributed by atoms with van der Waals surface area (Å²) in [5.41, 5.74) is 0. The maximum absolute atomic E-state index is 12.4. The zero-order chi connectivity index (χ0) is 16.2. The largest absolute Gasteiger partial charge is 0.461 e. The summed E-state index contributed by atoms with van der Waals surface area (Å²) in [5, 5.41) is 12.0. The quantitative estimate of drug-likeness (QED) is 0.851. The van der Waals surface area contributed by atoms with E-state index >= 15 is 0 Å². The molecule has 1 amide bonds. The van der Waals surface area contributed by atoms with Gasteiger partial charge in [0, 0.05) is 13.1 Å². The molecular formula is C16H22N4O2S. The van der Waals surface area contributed by atoms with Crippen molar-refractivity contribution >= 4 is 17.7 Å². The van der Waals surface area contributed by atoms with Gasteiger partial charge in [-0.1, -0.05) is 31.0 Å². The highest BCUT2D eigenvalue weighted by atomic mass is 32.2. The van der Waals surface area contributed by atoms with E-state index in [1.54, 1.807) is 6.26 Å². The molecule has 0 aliphatic heterocycles. The van der Waals surface area contributed by atoms with Crippen LogP contribution >= 0.6 is 11.8 Å². The van der Waals surface area contributed by atoms with E-state index in [1.807, 2.05) is 30.7 Å². The molecule has 1 fully saturated rings. The number of hydrogen-bond donors (Lipinski definition) is 1. The Balaban J connectivity index is 1.61. The number of furan rings is 1. The first-order chi connectivity index (χ1) is 11.1. The molecule has 0 bridgehead atoms. The maximum atomic E-state index is 12.4. The molecule has 1 unspecified atom stereocenters. The minimum atomic E-state index is -0.204. The Bertz CT molecular complexity index is 647. The fourth-order valence-electron chi connectivity index (χ4n) is 2.81. The van der Waals surface area contributed by atoms with E-state index in [4.69, 9.17) is 4.42 Å². The summed E-state index contributed by atoms with van der Waals surface area (Å²) < 4.78 is 7.21. The van der Waals surface area contributed by atoms with Crippen molar-refractivity contribution in [3.8, 4) is 11.6 Å². The van der Waals surface area contributed by atoms with Crippen LogP contribution in [0.15, 0.2) is 28.0 Å². The number of carbonyl (C=O) groups excluding carboxylic acids is 1. The number of rotatable bonds is 5. The second-order valence-corrected chi connectivity index (χ2v) is 7.25. The van der Waals surface area contributed by atoms with Crippen molar-refractivity contribution in [2.45, 2.75) is 55.5 Å². The summed E-state index contributed by atoms with van der Waals surface area (Å²) in [4.78, 5) is 12.4. The van der Waals surface area contributed by atoms with Gasteiger partial charge in [-0.15, -0.1) is 10.2 Å². The van der Waals surface area contributed by atoms with Gasteiger partial charge in [-0.3, -0.25) is 4.79 Å². The highest BCUT2D eigenvalue weighted by molar-refractivity contribution is 8.00. The van der Waals surface area contributed by atoms with E-state index in [-0.39, 0.29) is 11.2 Å². The van der Waals surface area contributed by atoms with Crippen molar-refractivity contribution in [2.24, 2.45) is 7.05 Å². The van der Waals surface area contributed by atoms with Crippen molar-refractivity contribution in [1.29, 1.82) is 0 Å². The molecule has 0 saturated heterocycles. The molecule has 0 radical (unpaired) electrons. The second kappa shape index (κ2) is 7.21. The topological polar surface area (TPSA) is 73.0 Å². The third kappa shape index (κ3) is 3.77. The molecule has 1 aliphatic carbocycles. The van der Waals surface area contributed by atoms with E-state index in [1.165, 1.54) is 31.0 Å². The number of nitrogens with zero attached hydrogens (tertiary/aromatic N) is 3. The van der Waals surface area contributed by atoms with Gasteiger partial charge in [-0.2, -0.15) is 0 Å². The van der Waals surface area contributed by atoms with Gasteiger partial charge in [-0.25, -0.2) is 0 Å². The van der Waals surface area contributed by atoms with Crippen molar-refractivity contribution in [3.05, 3.63) is 18.4 Å². The monoisotopic (exact) mass is 334 g/mol. The van der Waals surface area contributed by atoms with Gasteiger partial charge in [-0.05, 0) is 31.9 Å². The molecule has 1 atom stereocenters. The van der Waals surface area contributed by atoms with Crippen molar-refractivity contribution < 1.29 is 9.21 Å². The van der Waals surface area contributed by atoms with Crippen LogP contribution < -0.4 is 5.32 Å². The summed E-state index contributed by atoms with van der Waals surface area (Å²) in [6, 6.07) is 3.99. The third-order valence-electron chi connectivity index (χ3n) is 4.18. The molecule has 6 nitrogen and oxygen atoms in total. The van der Waals surface area contributed by atoms with Crippen LogP contribution in [0.4, 0.5) is 0 Å². The smallest absolute Gasteiger partial charge is 0.233 e. The Morgan fingerprint density at radius 2 is 2.17 bits per heavy atom. The lowest BCUT2D eigenvalue weighted by molar-refractivity contribution is -0.121. The van der Waals surface area contributed by atoms with Crippen molar-refractivity contribution in [2.75, 3.05) is 0 Å². The predicted octanol–water partition coefficient (Wildman–Crippen LogP) is 3.00. The molecule has 0 spiro atoms. The van der Waals surface area contributed by atoms with Gasteiger partial charge in [0.05, 0.1) is 11.5 Å². The zero-order valence-corrected chi connectivity index (χ0v) is 14.3. The Labute approximate surface area is 140 Å². The summed E-state index contributed by atoms with van der Waals surface area (Å²) in [7, 11) is 1.88. The molecule has 1 aliphatic rings. The molecular weight excluding hydrogens is 312 g/mol. The number of nitrogens with one attached hydrogen (secondary N) is 1. The molecule has 7 heteroatoms. The molecule has 23 heavy (non-hydrogen) atoms. The second-order valence-electron chi connectivity index (χ2n) is 5.95. The van der Waals surface area contributed by atoms with Crippen LogP contribution in [-0.4, -0.2) is 32.0 Å². The van der Waals surface area contributed by atoms with Crippen LogP contribution in [0.25, 0.3) is 11.6 Å². The van der Waals surface area contributed by atoms with E-state index in [9.17, 15) is 4.79 Å². The Morgan fingerprint density at radius 3 is 2.87 bits per heavy atom. The molecule has 3 rings (SSSR count). The Kier molecular flexibility index (Phi) is 5.05. The first-order valence-electron chi connectivity index (χ1n) is 8.05. The number of amides is 1. The number of carbonyl (C=O) groups is 1. The number of hydrogen-bond acceptors (Lipinski definition) is 5. The van der Waals surface area contributed by atoms with E-state index < -0.39 is 0 Å². The Morgan fingerprint density at radius 1 is 1.39 bits per heavy atom. The van der Waals surface area contributed by atoms with Gasteiger partial charge in [0.25, 0.3) is 0 Å². The molecule has 1 N–H and O–H groups in total. The van der Waals surface area contributed by atoms with Crippen molar-refractivity contribution in [3.63, 3.8) is 0 Å². The highest BCUT2D eigenvalue weighted by Crippen LogP contribution is 2.26. The van der Waals surface area contributed by atoms with Crippen molar-refractivity contribution in [1.82, 2.24) is 20.1 Å². The van der Waals surface area contributed by atoms with E-state index in [0.29, 0.717) is 22.8 Å². The van der Waals surface area contributed by atoms with Crippen LogP contribution in [0.3, 0.4) is 0 Å². The minimum Gasteiger partial charge on any atom is -0.461 e. The summed E-state index contributed by atoms with van der Waals surface area (Å²) in [6.45, 7) is 1.91. The molecule has 1 saturated carbocycles. The van der Waals surface area contributed by atoms with Crippen LogP contribution in [0.5, 0.6) is 0 Å². The molecule has 0 aromatic carbocycles. The molecule has 2 aromatic rings. The van der Waals surface area contributed by atoms with Crippen LogP contribution in [0, 0.1) is 0 Å². The summed E-state index contributed by atoms with van der Waals surface area (Å²) in [5.74, 6) is 1.41. The van der Waals surface area contributed by atoms with Gasteiger partial charge in [0.1, 0.15) is 0 Å². The lowest BCUT2D eigenvalue weighted by atomic mass is 9.95. The van der Waals surface area contributed by atoms with Gasteiger partial charge in [0.15, 0.2) is 16.7 Å². The normalized spacial score (nSPS) is 17.1. The standard InChI is InChI=1S/C16H22N4O2S/c1-11(15(21)17-12-7-4-3-5-8-12)23-16-19-18-14(20(16)2)13-9-6-10-22-13/h6,9-12H,3-5,7-8H2,1-2H3,(H,17,21).